The van der Waals surface area contributed by atoms with E-state index in [4.69, 9.17) is 17.3 Å². The van der Waals surface area contributed by atoms with Crippen LogP contribution in [0.3, 0.4) is 0 Å². The van der Waals surface area contributed by atoms with Crippen LogP contribution in [0.2, 0.25) is 5.02 Å². The van der Waals surface area contributed by atoms with Crippen molar-refractivity contribution in [2.24, 2.45) is 0 Å². The molecule has 0 radical (unpaired) electrons. The Morgan fingerprint density at radius 1 is 1.26 bits per heavy atom. The maximum Gasteiger partial charge on any atom is 0.255 e. The van der Waals surface area contributed by atoms with Crippen LogP contribution in [0.1, 0.15) is 15.9 Å². The Balaban J connectivity index is 2.25. The highest BCUT2D eigenvalue weighted by molar-refractivity contribution is 6.32. The zero-order valence-electron chi connectivity index (χ0n) is 10.3. The molecule has 0 bridgehead atoms. The molecule has 0 spiro atoms. The lowest BCUT2D eigenvalue weighted by atomic mass is 10.1. The largest absolute Gasteiger partial charge is 0.506 e. The molecule has 0 unspecified atom stereocenters. The van der Waals surface area contributed by atoms with Gasteiger partial charge >= 0.3 is 0 Å². The van der Waals surface area contributed by atoms with E-state index < -0.39 is 0 Å². The maximum absolute atomic E-state index is 12.0. The molecule has 2 rings (SSSR count). The molecule has 0 aromatic heterocycles. The number of nitrogens with two attached hydrogens (primary N) is 1. The van der Waals surface area contributed by atoms with Crippen molar-refractivity contribution in [2.45, 2.75) is 6.92 Å². The number of phenols is 1. The molecule has 98 valence electrons. The van der Waals surface area contributed by atoms with Crippen LogP contribution in [-0.2, 0) is 0 Å². The van der Waals surface area contributed by atoms with Gasteiger partial charge in [-0.15, -0.1) is 0 Å². The van der Waals surface area contributed by atoms with E-state index in [-0.39, 0.29) is 16.7 Å². The summed E-state index contributed by atoms with van der Waals surface area (Å²) in [6.45, 7) is 1.87. The number of carbonyl (C=O) groups excluding carboxylic acids is 1. The third-order valence-electron chi connectivity index (χ3n) is 2.72. The van der Waals surface area contributed by atoms with Gasteiger partial charge in [-0.3, -0.25) is 4.79 Å². The SMILES string of the molecule is Cc1ccc(N)cc1NC(=O)c1ccc(O)c(Cl)c1. The Hall–Kier alpha value is -2.20. The lowest BCUT2D eigenvalue weighted by Crippen LogP contribution is -2.12. The highest BCUT2D eigenvalue weighted by Crippen LogP contribution is 2.25. The number of nitrogen functional groups attached to an aromatic ring is 1. The van der Waals surface area contributed by atoms with Crippen molar-refractivity contribution in [3.63, 3.8) is 0 Å². The minimum atomic E-state index is -0.310. The monoisotopic (exact) mass is 276 g/mol. The van der Waals surface area contributed by atoms with Gasteiger partial charge in [-0.25, -0.2) is 0 Å². The van der Waals surface area contributed by atoms with Crippen molar-refractivity contribution >= 4 is 28.9 Å². The molecule has 0 aliphatic rings. The maximum atomic E-state index is 12.0. The Labute approximate surface area is 115 Å². The van der Waals surface area contributed by atoms with Gasteiger partial charge in [0.15, 0.2) is 0 Å². The van der Waals surface area contributed by atoms with Gasteiger partial charge in [0, 0.05) is 16.9 Å². The van der Waals surface area contributed by atoms with Gasteiger partial charge < -0.3 is 16.2 Å². The highest BCUT2D eigenvalue weighted by atomic mass is 35.5. The summed E-state index contributed by atoms with van der Waals surface area (Å²) in [5.41, 5.74) is 8.18. The molecule has 2 aromatic carbocycles. The fourth-order valence-corrected chi connectivity index (χ4v) is 1.80. The summed E-state index contributed by atoms with van der Waals surface area (Å²) in [4.78, 5) is 12.0. The number of benzene rings is 2. The average molecular weight is 277 g/mol. The number of anilines is 2. The molecule has 0 atom stereocenters. The summed E-state index contributed by atoms with van der Waals surface area (Å²) in [5, 5.41) is 12.2. The molecule has 19 heavy (non-hydrogen) atoms. The first-order valence-electron chi connectivity index (χ1n) is 5.63. The Morgan fingerprint density at radius 2 is 2.00 bits per heavy atom. The molecule has 0 aliphatic carbocycles. The molecular formula is C14H13ClN2O2. The molecule has 1 amide bonds. The number of hydrogen-bond acceptors (Lipinski definition) is 3. The zero-order chi connectivity index (χ0) is 14.0. The predicted octanol–water partition coefficient (Wildman–Crippen LogP) is 3.19. The smallest absolute Gasteiger partial charge is 0.255 e. The lowest BCUT2D eigenvalue weighted by molar-refractivity contribution is 0.102. The first-order valence-corrected chi connectivity index (χ1v) is 6.01. The Morgan fingerprint density at radius 3 is 2.68 bits per heavy atom. The van der Waals surface area contributed by atoms with E-state index in [1.54, 1.807) is 12.1 Å². The average Bonchev–Trinajstić information content (AvgIpc) is 2.37. The minimum absolute atomic E-state index is 0.0571. The normalized spacial score (nSPS) is 10.2. The van der Waals surface area contributed by atoms with E-state index in [0.29, 0.717) is 16.9 Å². The number of aromatic hydroxyl groups is 1. The summed E-state index contributed by atoms with van der Waals surface area (Å²) < 4.78 is 0. The lowest BCUT2D eigenvalue weighted by Gasteiger charge is -2.09. The van der Waals surface area contributed by atoms with Crippen LogP contribution in [0.15, 0.2) is 36.4 Å². The van der Waals surface area contributed by atoms with Gasteiger partial charge in [-0.2, -0.15) is 0 Å². The predicted molar refractivity (Wildman–Crippen MR) is 76.7 cm³/mol. The summed E-state index contributed by atoms with van der Waals surface area (Å²) in [7, 11) is 0. The number of halogens is 1. The van der Waals surface area contributed by atoms with Crippen LogP contribution in [0.4, 0.5) is 11.4 Å². The molecule has 2 aromatic rings. The number of rotatable bonds is 2. The zero-order valence-corrected chi connectivity index (χ0v) is 11.0. The molecule has 0 saturated heterocycles. The second kappa shape index (κ2) is 5.20. The van der Waals surface area contributed by atoms with E-state index in [1.807, 2.05) is 13.0 Å². The van der Waals surface area contributed by atoms with Gasteiger partial charge in [0.1, 0.15) is 5.75 Å². The number of hydrogen-bond donors (Lipinski definition) is 3. The molecule has 0 aliphatic heterocycles. The van der Waals surface area contributed by atoms with Crippen molar-refractivity contribution in [3.8, 4) is 5.75 Å². The summed E-state index contributed by atoms with van der Waals surface area (Å²) in [6, 6.07) is 9.57. The van der Waals surface area contributed by atoms with E-state index >= 15 is 0 Å². The van der Waals surface area contributed by atoms with Crippen molar-refractivity contribution in [2.75, 3.05) is 11.1 Å². The van der Waals surface area contributed by atoms with Crippen LogP contribution < -0.4 is 11.1 Å². The standard InChI is InChI=1S/C14H13ClN2O2/c1-8-2-4-10(16)7-12(8)17-14(19)9-3-5-13(18)11(15)6-9/h2-7,18H,16H2,1H3,(H,17,19). The first-order chi connectivity index (χ1) is 8.97. The van der Waals surface area contributed by atoms with E-state index in [9.17, 15) is 9.90 Å². The third-order valence-corrected chi connectivity index (χ3v) is 3.02. The number of nitrogens with one attached hydrogen (secondary N) is 1. The van der Waals surface area contributed by atoms with Crippen molar-refractivity contribution in [1.82, 2.24) is 0 Å². The van der Waals surface area contributed by atoms with Crippen molar-refractivity contribution < 1.29 is 9.90 Å². The third kappa shape index (κ3) is 2.98. The number of aryl methyl sites for hydroxylation is 1. The second-order valence-corrected chi connectivity index (χ2v) is 4.60. The Bertz CT molecular complexity index is 641. The van der Waals surface area contributed by atoms with Gasteiger partial charge in [-0.1, -0.05) is 17.7 Å². The minimum Gasteiger partial charge on any atom is -0.506 e. The van der Waals surface area contributed by atoms with E-state index in [1.165, 1.54) is 18.2 Å². The van der Waals surface area contributed by atoms with Crippen molar-refractivity contribution in [1.29, 1.82) is 0 Å². The van der Waals surface area contributed by atoms with Crippen LogP contribution in [0, 0.1) is 6.92 Å². The number of phenolic OH excluding ortho intramolecular Hbond substituents is 1. The number of amides is 1. The summed E-state index contributed by atoms with van der Waals surface area (Å²) >= 11 is 5.77. The molecule has 0 saturated carbocycles. The van der Waals surface area contributed by atoms with Gasteiger partial charge in [0.05, 0.1) is 5.02 Å². The van der Waals surface area contributed by atoms with Crippen molar-refractivity contribution in [3.05, 3.63) is 52.5 Å². The first kappa shape index (κ1) is 13.2. The molecule has 5 heteroatoms. The van der Waals surface area contributed by atoms with Crippen LogP contribution in [-0.4, -0.2) is 11.0 Å². The highest BCUT2D eigenvalue weighted by Gasteiger charge is 2.10. The summed E-state index contributed by atoms with van der Waals surface area (Å²) in [6.07, 6.45) is 0. The van der Waals surface area contributed by atoms with E-state index in [0.717, 1.165) is 5.56 Å². The van der Waals surface area contributed by atoms with Crippen LogP contribution in [0.25, 0.3) is 0 Å². The van der Waals surface area contributed by atoms with Gasteiger partial charge in [0.2, 0.25) is 0 Å². The second-order valence-electron chi connectivity index (χ2n) is 4.19. The Kier molecular flexibility index (Phi) is 3.62. The number of carbonyl (C=O) groups is 1. The molecule has 0 heterocycles. The summed E-state index contributed by atoms with van der Waals surface area (Å²) in [5.74, 6) is -0.367. The molecule has 0 fully saturated rings. The quantitative estimate of drug-likeness (QED) is 0.737. The van der Waals surface area contributed by atoms with Gasteiger partial charge in [-0.05, 0) is 42.8 Å². The fourth-order valence-electron chi connectivity index (χ4n) is 1.62. The van der Waals surface area contributed by atoms with E-state index in [2.05, 4.69) is 5.32 Å². The van der Waals surface area contributed by atoms with Crippen LogP contribution in [0.5, 0.6) is 5.75 Å². The molecular weight excluding hydrogens is 264 g/mol. The molecule has 4 nitrogen and oxygen atoms in total. The fraction of sp³-hybridized carbons (Fsp3) is 0.0714. The van der Waals surface area contributed by atoms with Crippen LogP contribution >= 0.6 is 11.6 Å². The topological polar surface area (TPSA) is 75.3 Å². The van der Waals surface area contributed by atoms with Gasteiger partial charge in [0.25, 0.3) is 5.91 Å². The molecule has 4 N–H and O–H groups in total.